The number of benzene rings is 2. The van der Waals surface area contributed by atoms with Crippen molar-refractivity contribution in [1.29, 1.82) is 0 Å². The first-order chi connectivity index (χ1) is 18.9. The predicted molar refractivity (Wildman–Crippen MR) is 138 cm³/mol. The molecule has 0 amide bonds. The van der Waals surface area contributed by atoms with Crippen LogP contribution in [0.4, 0.5) is 26.3 Å². The number of fused-ring (bicyclic) bond motifs is 3. The first-order valence-electron chi connectivity index (χ1n) is 14.2. The summed E-state index contributed by atoms with van der Waals surface area (Å²) in [4.78, 5) is 14.1. The number of carboxylic acids is 1. The van der Waals surface area contributed by atoms with Gasteiger partial charge in [0.2, 0.25) is 0 Å². The molecule has 1 aliphatic carbocycles. The van der Waals surface area contributed by atoms with Gasteiger partial charge in [0.15, 0.2) is 0 Å². The minimum Gasteiger partial charge on any atom is -0.490 e. The Morgan fingerprint density at radius 2 is 1.62 bits per heavy atom. The Hall–Kier alpha value is -2.49. The average molecular weight is 572 g/mol. The van der Waals surface area contributed by atoms with Crippen LogP contribution in [0.15, 0.2) is 30.3 Å². The molecule has 2 saturated heterocycles. The molecule has 0 aromatic heterocycles. The number of nitrogens with zero attached hydrogens (tertiary/aromatic N) is 1. The third kappa shape index (κ3) is 5.78. The molecule has 0 radical (unpaired) electrons. The maximum absolute atomic E-state index is 14.3. The van der Waals surface area contributed by atoms with E-state index in [0.717, 1.165) is 31.2 Å². The minimum atomic E-state index is -4.71. The van der Waals surface area contributed by atoms with Crippen molar-refractivity contribution in [2.45, 2.75) is 108 Å². The van der Waals surface area contributed by atoms with E-state index in [4.69, 9.17) is 4.74 Å². The molecular formula is C30H35F6NO3. The van der Waals surface area contributed by atoms with Crippen LogP contribution >= 0.6 is 0 Å². The van der Waals surface area contributed by atoms with E-state index < -0.39 is 35.9 Å². The second kappa shape index (κ2) is 11.1. The van der Waals surface area contributed by atoms with Crippen LogP contribution in [-0.4, -0.2) is 40.3 Å². The van der Waals surface area contributed by atoms with Crippen LogP contribution in [0.25, 0.3) is 10.8 Å². The minimum absolute atomic E-state index is 0.00244. The SMILES string of the molecule is CC[C@H](c1ccc2c(C(F)(F)F)c(OC3CCC(C(F)(F)F)CC3)ccc2c1)N1C2CCCC1CC(C(=O)O)C2. The molecule has 3 atom stereocenters. The number of piperidine rings is 2. The van der Waals surface area contributed by atoms with Crippen LogP contribution in [0.3, 0.4) is 0 Å². The fraction of sp³-hybridized carbons (Fsp3) is 0.633. The lowest BCUT2D eigenvalue weighted by Gasteiger charge is -2.51. The zero-order chi connectivity index (χ0) is 28.8. The molecule has 2 bridgehead atoms. The lowest BCUT2D eigenvalue weighted by molar-refractivity contribution is -0.185. The summed E-state index contributed by atoms with van der Waals surface area (Å²) in [5.41, 5.74) is -0.00498. The van der Waals surface area contributed by atoms with Gasteiger partial charge in [-0.05, 0) is 86.3 Å². The van der Waals surface area contributed by atoms with Crippen molar-refractivity contribution < 1.29 is 41.0 Å². The van der Waals surface area contributed by atoms with E-state index in [1.54, 1.807) is 18.2 Å². The van der Waals surface area contributed by atoms with Gasteiger partial charge >= 0.3 is 18.3 Å². The van der Waals surface area contributed by atoms with Crippen molar-refractivity contribution in [3.05, 3.63) is 41.5 Å². The highest BCUT2D eigenvalue weighted by Gasteiger charge is 2.45. The number of aliphatic carboxylic acids is 1. The molecular weight excluding hydrogens is 536 g/mol. The van der Waals surface area contributed by atoms with Crippen LogP contribution in [0.2, 0.25) is 0 Å². The molecule has 220 valence electrons. The summed E-state index contributed by atoms with van der Waals surface area (Å²) >= 11 is 0. The van der Waals surface area contributed by atoms with Crippen LogP contribution in [0.1, 0.15) is 88.3 Å². The van der Waals surface area contributed by atoms with Crippen molar-refractivity contribution in [3.8, 4) is 5.75 Å². The van der Waals surface area contributed by atoms with Gasteiger partial charge in [-0.25, -0.2) is 0 Å². The van der Waals surface area contributed by atoms with Crippen molar-refractivity contribution >= 4 is 16.7 Å². The number of hydrogen-bond donors (Lipinski definition) is 1. The summed E-state index contributed by atoms with van der Waals surface area (Å²) < 4.78 is 87.8. The first kappa shape index (κ1) is 29.0. The predicted octanol–water partition coefficient (Wildman–Crippen LogP) is 8.53. The lowest BCUT2D eigenvalue weighted by Crippen LogP contribution is -2.54. The summed E-state index contributed by atoms with van der Waals surface area (Å²) in [7, 11) is 0. The lowest BCUT2D eigenvalue weighted by atomic mass is 9.76. The van der Waals surface area contributed by atoms with Gasteiger partial charge in [-0.2, -0.15) is 26.3 Å². The fourth-order valence-corrected chi connectivity index (χ4v) is 7.36. The second-order valence-corrected chi connectivity index (χ2v) is 11.7. The van der Waals surface area contributed by atoms with E-state index >= 15 is 0 Å². The quantitative estimate of drug-likeness (QED) is 0.353. The normalized spacial score (nSPS) is 28.8. The Kier molecular flexibility index (Phi) is 8.03. The van der Waals surface area contributed by atoms with Crippen molar-refractivity contribution in [3.63, 3.8) is 0 Å². The van der Waals surface area contributed by atoms with E-state index in [1.165, 1.54) is 12.1 Å². The number of hydrogen-bond acceptors (Lipinski definition) is 3. The molecule has 10 heteroatoms. The largest absolute Gasteiger partial charge is 0.490 e. The highest BCUT2D eigenvalue weighted by atomic mass is 19.4. The molecule has 2 aromatic carbocycles. The molecule has 40 heavy (non-hydrogen) atoms. The van der Waals surface area contributed by atoms with Crippen molar-refractivity contribution in [2.24, 2.45) is 11.8 Å². The summed E-state index contributed by atoms with van der Waals surface area (Å²) in [6.45, 7) is 2.04. The van der Waals surface area contributed by atoms with Gasteiger partial charge in [0, 0.05) is 18.1 Å². The van der Waals surface area contributed by atoms with Gasteiger partial charge in [-0.3, -0.25) is 9.69 Å². The Morgan fingerprint density at radius 1 is 0.975 bits per heavy atom. The van der Waals surface area contributed by atoms with Gasteiger partial charge in [0.25, 0.3) is 0 Å². The third-order valence-electron chi connectivity index (χ3n) is 9.23. The number of carbonyl (C=O) groups is 1. The van der Waals surface area contributed by atoms with Crippen molar-refractivity contribution in [2.75, 3.05) is 0 Å². The zero-order valence-corrected chi connectivity index (χ0v) is 22.4. The standard InChI is InChI=1S/C30H35F6NO3/c1-2-25(37-21-4-3-5-22(37)16-19(15-21)28(38)39)18-6-12-24-17(14-18)7-13-26(27(24)30(34,35)36)40-23-10-8-20(9-11-23)29(31,32)33/h6-7,12-14,19-23,25H,2-5,8-11,15-16H2,1H3,(H,38,39)/t19?,20?,21?,22?,23?,25-/m1/s1. The molecule has 3 aliphatic rings. The fourth-order valence-electron chi connectivity index (χ4n) is 7.36. The smallest absolute Gasteiger partial charge is 0.420 e. The summed E-state index contributed by atoms with van der Waals surface area (Å²) in [5, 5.41) is 10.0. The molecule has 2 aliphatic heterocycles. The first-order valence-corrected chi connectivity index (χ1v) is 14.2. The van der Waals surface area contributed by atoms with E-state index in [9.17, 15) is 36.2 Å². The third-order valence-corrected chi connectivity index (χ3v) is 9.23. The molecule has 2 heterocycles. The summed E-state index contributed by atoms with van der Waals surface area (Å²) in [6, 6.07) is 8.09. The zero-order valence-electron chi connectivity index (χ0n) is 22.4. The molecule has 1 N–H and O–H groups in total. The molecule has 5 rings (SSSR count). The molecule has 2 unspecified atom stereocenters. The van der Waals surface area contributed by atoms with Gasteiger partial charge in [0.05, 0.1) is 17.9 Å². The molecule has 4 nitrogen and oxygen atoms in total. The topological polar surface area (TPSA) is 49.8 Å². The van der Waals surface area contributed by atoms with E-state index in [1.807, 2.05) is 6.92 Å². The number of ether oxygens (including phenoxy) is 1. The van der Waals surface area contributed by atoms with Gasteiger partial charge < -0.3 is 9.84 Å². The molecule has 1 saturated carbocycles. The monoisotopic (exact) mass is 571 g/mol. The van der Waals surface area contributed by atoms with E-state index in [0.29, 0.717) is 18.2 Å². The number of rotatable bonds is 6. The Balaban J connectivity index is 1.42. The Bertz CT molecular complexity index is 1210. The summed E-state index contributed by atoms with van der Waals surface area (Å²) in [5.74, 6) is -2.91. The number of carboxylic acid groups (broad SMARTS) is 1. The highest BCUT2D eigenvalue weighted by molar-refractivity contribution is 5.89. The van der Waals surface area contributed by atoms with Crippen LogP contribution in [-0.2, 0) is 11.0 Å². The van der Waals surface area contributed by atoms with Crippen LogP contribution < -0.4 is 4.74 Å². The summed E-state index contributed by atoms with van der Waals surface area (Å²) in [6.07, 6.45) is -5.15. The number of alkyl halides is 6. The van der Waals surface area contributed by atoms with Crippen LogP contribution in [0.5, 0.6) is 5.75 Å². The van der Waals surface area contributed by atoms with E-state index in [-0.39, 0.29) is 60.9 Å². The Morgan fingerprint density at radius 3 is 2.17 bits per heavy atom. The van der Waals surface area contributed by atoms with Crippen molar-refractivity contribution in [1.82, 2.24) is 4.90 Å². The second-order valence-electron chi connectivity index (χ2n) is 11.7. The van der Waals surface area contributed by atoms with E-state index in [2.05, 4.69) is 4.90 Å². The molecule has 3 fully saturated rings. The van der Waals surface area contributed by atoms with Gasteiger partial charge in [-0.1, -0.05) is 31.5 Å². The average Bonchev–Trinajstić information content (AvgIpc) is 2.87. The maximum Gasteiger partial charge on any atom is 0.420 e. The molecule has 2 aromatic rings. The highest BCUT2D eigenvalue weighted by Crippen LogP contribution is 2.46. The Labute approximate surface area is 229 Å². The molecule has 0 spiro atoms. The van der Waals surface area contributed by atoms with Gasteiger partial charge in [0.1, 0.15) is 11.3 Å². The number of halogens is 6. The van der Waals surface area contributed by atoms with Gasteiger partial charge in [-0.15, -0.1) is 0 Å². The van der Waals surface area contributed by atoms with Crippen LogP contribution in [0, 0.1) is 11.8 Å². The maximum atomic E-state index is 14.3.